The van der Waals surface area contributed by atoms with Crippen molar-refractivity contribution in [2.24, 2.45) is 0 Å². The largest absolute Gasteiger partial charge is 0.496 e. The van der Waals surface area contributed by atoms with Gasteiger partial charge >= 0.3 is 0 Å². The highest BCUT2D eigenvalue weighted by atomic mass is 32.2. The van der Waals surface area contributed by atoms with E-state index in [0.717, 1.165) is 16.1 Å². The second-order valence-corrected chi connectivity index (χ2v) is 7.69. The van der Waals surface area contributed by atoms with E-state index in [2.05, 4.69) is 5.32 Å². The molecule has 0 atom stereocenters. The third-order valence-electron chi connectivity index (χ3n) is 3.75. The Morgan fingerprint density at radius 3 is 2.40 bits per heavy atom. The second-order valence-electron chi connectivity index (χ2n) is 5.71. The van der Waals surface area contributed by atoms with E-state index in [4.69, 9.17) is 4.74 Å². The van der Waals surface area contributed by atoms with Crippen LogP contribution in [0.3, 0.4) is 0 Å². The molecule has 1 amide bonds. The monoisotopic (exact) mass is 362 g/mol. The molecule has 0 bridgehead atoms. The first-order valence-electron chi connectivity index (χ1n) is 7.73. The molecule has 0 heterocycles. The SMILES string of the molecule is COc1ccccc1CN(CC(=O)Nc1ccccc1C)S(C)(=O)=O. The van der Waals surface area contributed by atoms with Crippen molar-refractivity contribution in [2.45, 2.75) is 13.5 Å². The molecule has 1 N–H and O–H groups in total. The molecule has 134 valence electrons. The summed E-state index contributed by atoms with van der Waals surface area (Å²) in [6, 6.07) is 14.5. The number of aryl methyl sites for hydroxylation is 1. The molecule has 0 unspecified atom stereocenters. The van der Waals surface area contributed by atoms with Gasteiger partial charge in [-0.3, -0.25) is 4.79 Å². The number of carbonyl (C=O) groups excluding carboxylic acids is 1. The molecule has 2 rings (SSSR count). The molecule has 7 heteroatoms. The lowest BCUT2D eigenvalue weighted by Gasteiger charge is -2.21. The number of hydrogen-bond acceptors (Lipinski definition) is 4. The van der Waals surface area contributed by atoms with Crippen molar-refractivity contribution in [3.63, 3.8) is 0 Å². The van der Waals surface area contributed by atoms with Crippen LogP contribution in [0.1, 0.15) is 11.1 Å². The van der Waals surface area contributed by atoms with Crippen LogP contribution in [-0.2, 0) is 21.4 Å². The van der Waals surface area contributed by atoms with E-state index < -0.39 is 15.9 Å². The van der Waals surface area contributed by atoms with E-state index >= 15 is 0 Å². The van der Waals surface area contributed by atoms with Gasteiger partial charge in [-0.25, -0.2) is 8.42 Å². The average Bonchev–Trinajstić information content (AvgIpc) is 2.56. The number of para-hydroxylation sites is 2. The van der Waals surface area contributed by atoms with Crippen molar-refractivity contribution in [3.8, 4) is 5.75 Å². The maximum atomic E-state index is 12.3. The summed E-state index contributed by atoms with van der Waals surface area (Å²) in [5.74, 6) is 0.185. The quantitative estimate of drug-likeness (QED) is 0.821. The molecule has 0 radical (unpaired) electrons. The molecule has 2 aromatic rings. The van der Waals surface area contributed by atoms with Crippen molar-refractivity contribution >= 4 is 21.6 Å². The van der Waals surface area contributed by atoms with E-state index in [1.807, 2.05) is 25.1 Å². The number of methoxy groups -OCH3 is 1. The van der Waals surface area contributed by atoms with Gasteiger partial charge in [0.1, 0.15) is 5.75 Å². The van der Waals surface area contributed by atoms with Crippen LogP contribution in [0.2, 0.25) is 0 Å². The predicted octanol–water partition coefficient (Wildman–Crippen LogP) is 2.40. The molecule has 25 heavy (non-hydrogen) atoms. The van der Waals surface area contributed by atoms with Gasteiger partial charge in [-0.2, -0.15) is 4.31 Å². The van der Waals surface area contributed by atoms with Crippen molar-refractivity contribution in [1.82, 2.24) is 4.31 Å². The molecule has 0 spiro atoms. The highest BCUT2D eigenvalue weighted by Gasteiger charge is 2.22. The first-order valence-corrected chi connectivity index (χ1v) is 9.58. The Bertz CT molecular complexity index is 850. The number of rotatable bonds is 7. The van der Waals surface area contributed by atoms with Gasteiger partial charge in [0.25, 0.3) is 0 Å². The molecule has 0 aliphatic carbocycles. The zero-order valence-corrected chi connectivity index (χ0v) is 15.3. The summed E-state index contributed by atoms with van der Waals surface area (Å²) in [6.07, 6.45) is 1.09. The van der Waals surface area contributed by atoms with Gasteiger partial charge in [0.05, 0.1) is 19.9 Å². The van der Waals surface area contributed by atoms with E-state index in [1.54, 1.807) is 30.3 Å². The number of benzene rings is 2. The van der Waals surface area contributed by atoms with Crippen molar-refractivity contribution in [1.29, 1.82) is 0 Å². The maximum absolute atomic E-state index is 12.3. The zero-order chi connectivity index (χ0) is 18.4. The number of carbonyl (C=O) groups is 1. The summed E-state index contributed by atoms with van der Waals surface area (Å²) in [7, 11) is -2.05. The maximum Gasteiger partial charge on any atom is 0.239 e. The third kappa shape index (κ3) is 5.30. The molecule has 0 aromatic heterocycles. The van der Waals surface area contributed by atoms with E-state index in [-0.39, 0.29) is 13.1 Å². The number of nitrogens with one attached hydrogen (secondary N) is 1. The van der Waals surface area contributed by atoms with Crippen LogP contribution < -0.4 is 10.1 Å². The minimum Gasteiger partial charge on any atom is -0.496 e. The first-order chi connectivity index (χ1) is 11.8. The van der Waals surface area contributed by atoms with Crippen LogP contribution >= 0.6 is 0 Å². The van der Waals surface area contributed by atoms with Crippen molar-refractivity contribution < 1.29 is 17.9 Å². The molecule has 0 saturated heterocycles. The van der Waals surface area contributed by atoms with Crippen LogP contribution in [0.4, 0.5) is 5.69 Å². The molecule has 2 aromatic carbocycles. The smallest absolute Gasteiger partial charge is 0.239 e. The van der Waals surface area contributed by atoms with Crippen LogP contribution in [0.25, 0.3) is 0 Å². The summed E-state index contributed by atoms with van der Waals surface area (Å²) < 4.78 is 30.6. The number of nitrogens with zero attached hydrogens (tertiary/aromatic N) is 1. The molecule has 0 aliphatic rings. The zero-order valence-electron chi connectivity index (χ0n) is 14.5. The average molecular weight is 362 g/mol. The van der Waals surface area contributed by atoms with Crippen LogP contribution in [0.15, 0.2) is 48.5 Å². The van der Waals surface area contributed by atoms with E-state index in [1.165, 1.54) is 7.11 Å². The Labute approximate surface area is 148 Å². The summed E-state index contributed by atoms with van der Waals surface area (Å²) in [5, 5.41) is 2.75. The van der Waals surface area contributed by atoms with Gasteiger partial charge in [-0.15, -0.1) is 0 Å². The Hall–Kier alpha value is -2.38. The lowest BCUT2D eigenvalue weighted by Crippen LogP contribution is -2.37. The summed E-state index contributed by atoms with van der Waals surface area (Å²) in [4.78, 5) is 12.3. The first kappa shape index (κ1) is 19.0. The fourth-order valence-electron chi connectivity index (χ4n) is 2.38. The Morgan fingerprint density at radius 1 is 1.12 bits per heavy atom. The van der Waals surface area contributed by atoms with Gasteiger partial charge < -0.3 is 10.1 Å². The van der Waals surface area contributed by atoms with Crippen LogP contribution in [0, 0.1) is 6.92 Å². The van der Waals surface area contributed by atoms with Crippen LogP contribution in [0.5, 0.6) is 5.75 Å². The predicted molar refractivity (Wildman–Crippen MR) is 98.1 cm³/mol. The minimum absolute atomic E-state index is 0.0596. The molecular formula is C18H22N2O4S. The third-order valence-corrected chi connectivity index (χ3v) is 4.94. The highest BCUT2D eigenvalue weighted by Crippen LogP contribution is 2.20. The summed E-state index contributed by atoms with van der Waals surface area (Å²) in [6.45, 7) is 1.66. The standard InChI is InChI=1S/C18H22N2O4S/c1-14-8-4-6-10-16(14)19-18(21)13-20(25(3,22)23)12-15-9-5-7-11-17(15)24-2/h4-11H,12-13H2,1-3H3,(H,19,21). The van der Waals surface area contributed by atoms with Crippen LogP contribution in [-0.4, -0.2) is 38.5 Å². The van der Waals surface area contributed by atoms with Gasteiger partial charge in [0, 0.05) is 17.8 Å². The van der Waals surface area contributed by atoms with Gasteiger partial charge in [0.15, 0.2) is 0 Å². The lowest BCUT2D eigenvalue weighted by molar-refractivity contribution is -0.116. The molecule has 0 fully saturated rings. The highest BCUT2D eigenvalue weighted by molar-refractivity contribution is 7.88. The normalized spacial score (nSPS) is 11.4. The van der Waals surface area contributed by atoms with Crippen molar-refractivity contribution in [2.75, 3.05) is 25.2 Å². The number of ether oxygens (including phenoxy) is 1. The molecular weight excluding hydrogens is 340 g/mol. The fourth-order valence-corrected chi connectivity index (χ4v) is 3.10. The number of anilines is 1. The lowest BCUT2D eigenvalue weighted by atomic mass is 10.2. The Morgan fingerprint density at radius 2 is 1.76 bits per heavy atom. The van der Waals surface area contributed by atoms with Crippen molar-refractivity contribution in [3.05, 3.63) is 59.7 Å². The number of hydrogen-bond donors (Lipinski definition) is 1. The number of sulfonamides is 1. The van der Waals surface area contributed by atoms with E-state index in [9.17, 15) is 13.2 Å². The van der Waals surface area contributed by atoms with E-state index in [0.29, 0.717) is 17.0 Å². The molecule has 6 nitrogen and oxygen atoms in total. The molecule has 0 saturated carbocycles. The topological polar surface area (TPSA) is 75.7 Å². The minimum atomic E-state index is -3.57. The summed E-state index contributed by atoms with van der Waals surface area (Å²) in [5.41, 5.74) is 2.27. The molecule has 0 aliphatic heterocycles. The van der Waals surface area contributed by atoms with Gasteiger partial charge in [0.2, 0.25) is 15.9 Å². The summed E-state index contributed by atoms with van der Waals surface area (Å²) >= 11 is 0. The number of amides is 1. The van der Waals surface area contributed by atoms with Gasteiger partial charge in [-0.05, 0) is 24.6 Å². The Balaban J connectivity index is 2.16. The fraction of sp³-hybridized carbons (Fsp3) is 0.278. The van der Waals surface area contributed by atoms with Gasteiger partial charge in [-0.1, -0.05) is 36.4 Å². The Kier molecular flexibility index (Phi) is 6.17. The second kappa shape index (κ2) is 8.13.